The number of rotatable bonds is 9. The average Bonchev–Trinajstić information content (AvgIpc) is 3.13. The van der Waals surface area contributed by atoms with Gasteiger partial charge in [-0.15, -0.1) is 0 Å². The molecule has 1 aromatic heterocycles. The van der Waals surface area contributed by atoms with Crippen LogP contribution in [0.4, 0.5) is 0 Å². The summed E-state index contributed by atoms with van der Waals surface area (Å²) >= 11 is 0. The molecule has 3 aromatic rings. The van der Waals surface area contributed by atoms with Gasteiger partial charge in [-0.2, -0.15) is 0 Å². The molecule has 0 fully saturated rings. The Hall–Kier alpha value is -3.54. The summed E-state index contributed by atoms with van der Waals surface area (Å²) in [6.07, 6.45) is 2.12. The number of carboxylic acid groups (broad SMARTS) is 2. The van der Waals surface area contributed by atoms with Crippen molar-refractivity contribution in [1.29, 1.82) is 0 Å². The molecule has 30 heavy (non-hydrogen) atoms. The van der Waals surface area contributed by atoms with Crippen molar-refractivity contribution in [3.63, 3.8) is 0 Å². The lowest BCUT2D eigenvalue weighted by Gasteiger charge is -2.09. The number of aryl methyl sites for hydroxylation is 3. The van der Waals surface area contributed by atoms with Crippen LogP contribution in [0.15, 0.2) is 54.7 Å². The van der Waals surface area contributed by atoms with Crippen LogP contribution in [-0.4, -0.2) is 26.7 Å². The summed E-state index contributed by atoms with van der Waals surface area (Å²) in [6.45, 7) is 4.97. The van der Waals surface area contributed by atoms with Crippen LogP contribution in [0.2, 0.25) is 0 Å². The average molecular weight is 407 g/mol. The van der Waals surface area contributed by atoms with E-state index < -0.39 is 11.9 Å². The van der Waals surface area contributed by atoms with Crippen molar-refractivity contribution in [2.45, 2.75) is 39.8 Å². The van der Waals surface area contributed by atoms with Crippen molar-refractivity contribution in [3.05, 3.63) is 77.1 Å². The molecule has 6 nitrogen and oxygen atoms in total. The van der Waals surface area contributed by atoms with Gasteiger partial charge < -0.3 is 19.5 Å². The summed E-state index contributed by atoms with van der Waals surface area (Å²) in [5.41, 5.74) is 5.36. The Labute approximate surface area is 175 Å². The molecular formula is C24H25NO5. The highest BCUT2D eigenvalue weighted by molar-refractivity contribution is 5.88. The van der Waals surface area contributed by atoms with Crippen molar-refractivity contribution in [2.75, 3.05) is 0 Å². The van der Waals surface area contributed by atoms with E-state index in [9.17, 15) is 14.7 Å². The predicted molar refractivity (Wildman–Crippen MR) is 114 cm³/mol. The maximum Gasteiger partial charge on any atom is 0.352 e. The first-order chi connectivity index (χ1) is 14.3. The van der Waals surface area contributed by atoms with Gasteiger partial charge in [-0.05, 0) is 60.7 Å². The molecule has 0 saturated carbocycles. The van der Waals surface area contributed by atoms with Crippen molar-refractivity contribution in [3.8, 4) is 16.9 Å². The quantitative estimate of drug-likeness (QED) is 0.526. The molecule has 0 amide bonds. The largest absolute Gasteiger partial charge is 0.489 e. The molecule has 0 aliphatic rings. The van der Waals surface area contributed by atoms with Crippen LogP contribution < -0.4 is 4.74 Å². The second-order valence-electron chi connectivity index (χ2n) is 7.34. The van der Waals surface area contributed by atoms with Gasteiger partial charge in [0.2, 0.25) is 0 Å². The maximum atomic E-state index is 11.5. The van der Waals surface area contributed by atoms with Crippen molar-refractivity contribution >= 4 is 11.9 Å². The minimum absolute atomic E-state index is 0.000877. The number of hydrogen-bond acceptors (Lipinski definition) is 3. The third kappa shape index (κ3) is 5.29. The van der Waals surface area contributed by atoms with Crippen LogP contribution in [-0.2, 0) is 17.9 Å². The molecule has 6 heteroatoms. The fourth-order valence-electron chi connectivity index (χ4n) is 3.24. The van der Waals surface area contributed by atoms with Gasteiger partial charge >= 0.3 is 11.9 Å². The first kappa shape index (κ1) is 21.2. The zero-order chi connectivity index (χ0) is 21.7. The smallest absolute Gasteiger partial charge is 0.352 e. The lowest BCUT2D eigenvalue weighted by Crippen LogP contribution is -2.08. The molecule has 0 unspecified atom stereocenters. The highest BCUT2D eigenvalue weighted by atomic mass is 16.5. The van der Waals surface area contributed by atoms with Gasteiger partial charge in [-0.1, -0.05) is 30.3 Å². The second-order valence-corrected chi connectivity index (χ2v) is 7.34. The standard InChI is InChI=1S/C24H25NO5/c1-16-5-6-18(12-17(16)2)15-30-21-9-7-19(8-10-21)20-13-22(24(28)29)25(14-20)11-3-4-23(26)27/h5-10,12-14H,3-4,11,15H2,1-2H3,(H,26,27)(H,28,29). The molecule has 0 atom stereocenters. The van der Waals surface area contributed by atoms with Crippen molar-refractivity contribution in [1.82, 2.24) is 4.57 Å². The molecule has 0 spiro atoms. The van der Waals surface area contributed by atoms with E-state index in [1.165, 1.54) is 11.1 Å². The second kappa shape index (κ2) is 9.31. The summed E-state index contributed by atoms with van der Waals surface area (Å²) in [5.74, 6) is -1.20. The molecule has 1 heterocycles. The number of hydrogen-bond donors (Lipinski definition) is 2. The fourth-order valence-corrected chi connectivity index (χ4v) is 3.24. The SMILES string of the molecule is Cc1ccc(COc2ccc(-c3cc(C(=O)O)n(CCCC(=O)O)c3)cc2)cc1C. The summed E-state index contributed by atoms with van der Waals surface area (Å²) in [7, 11) is 0. The van der Waals surface area contributed by atoms with Crippen LogP contribution >= 0.6 is 0 Å². The van der Waals surface area contributed by atoms with Crippen molar-refractivity contribution in [2.24, 2.45) is 0 Å². The predicted octanol–water partition coefficient (Wildman–Crippen LogP) is 4.91. The Kier molecular flexibility index (Phi) is 6.57. The van der Waals surface area contributed by atoms with Gasteiger partial charge in [-0.25, -0.2) is 4.79 Å². The van der Waals surface area contributed by atoms with Crippen LogP contribution in [0.1, 0.15) is 40.0 Å². The van der Waals surface area contributed by atoms with Gasteiger partial charge in [0.05, 0.1) is 0 Å². The summed E-state index contributed by atoms with van der Waals surface area (Å²) in [6, 6.07) is 15.3. The first-order valence-corrected chi connectivity index (χ1v) is 9.78. The molecule has 2 aromatic carbocycles. The molecule has 0 aliphatic carbocycles. The number of nitrogens with zero attached hydrogens (tertiary/aromatic N) is 1. The number of carboxylic acids is 2. The summed E-state index contributed by atoms with van der Waals surface area (Å²) in [4.78, 5) is 22.2. The Morgan fingerprint density at radius 3 is 2.30 bits per heavy atom. The number of ether oxygens (including phenoxy) is 1. The van der Waals surface area contributed by atoms with Gasteiger partial charge in [0.1, 0.15) is 18.1 Å². The number of benzene rings is 2. The zero-order valence-corrected chi connectivity index (χ0v) is 17.1. The lowest BCUT2D eigenvalue weighted by molar-refractivity contribution is -0.137. The molecule has 0 bridgehead atoms. The van der Waals surface area contributed by atoms with E-state index in [4.69, 9.17) is 9.84 Å². The van der Waals surface area contributed by atoms with E-state index in [1.807, 2.05) is 24.3 Å². The van der Waals surface area contributed by atoms with Gasteiger partial charge in [0, 0.05) is 24.7 Å². The Morgan fingerprint density at radius 1 is 0.933 bits per heavy atom. The normalized spacial score (nSPS) is 10.7. The minimum atomic E-state index is -1.04. The molecule has 0 aliphatic heterocycles. The molecule has 3 rings (SSSR count). The van der Waals surface area contributed by atoms with E-state index in [-0.39, 0.29) is 12.1 Å². The zero-order valence-electron chi connectivity index (χ0n) is 17.1. The lowest BCUT2D eigenvalue weighted by atomic mass is 10.1. The van der Waals surface area contributed by atoms with Crippen LogP contribution in [0.5, 0.6) is 5.75 Å². The third-order valence-electron chi connectivity index (χ3n) is 5.07. The van der Waals surface area contributed by atoms with E-state index in [2.05, 4.69) is 32.0 Å². The topological polar surface area (TPSA) is 88.8 Å². The van der Waals surface area contributed by atoms with Gasteiger partial charge in [-0.3, -0.25) is 4.79 Å². The molecule has 0 radical (unpaired) electrons. The Bertz CT molecular complexity index is 1050. The molecular weight excluding hydrogens is 382 g/mol. The first-order valence-electron chi connectivity index (χ1n) is 9.78. The van der Waals surface area contributed by atoms with E-state index in [0.29, 0.717) is 19.6 Å². The molecule has 2 N–H and O–H groups in total. The highest BCUT2D eigenvalue weighted by Gasteiger charge is 2.14. The Morgan fingerprint density at radius 2 is 1.67 bits per heavy atom. The van der Waals surface area contributed by atoms with Crippen molar-refractivity contribution < 1.29 is 24.5 Å². The van der Waals surface area contributed by atoms with Crippen LogP contribution in [0.3, 0.4) is 0 Å². The monoisotopic (exact) mass is 407 g/mol. The Balaban J connectivity index is 1.69. The van der Waals surface area contributed by atoms with Crippen LogP contribution in [0, 0.1) is 13.8 Å². The van der Waals surface area contributed by atoms with E-state index >= 15 is 0 Å². The van der Waals surface area contributed by atoms with Crippen LogP contribution in [0.25, 0.3) is 11.1 Å². The number of carbonyl (C=O) groups is 2. The summed E-state index contributed by atoms with van der Waals surface area (Å²) in [5, 5.41) is 18.2. The fraction of sp³-hybridized carbons (Fsp3) is 0.250. The van der Waals surface area contributed by atoms with E-state index in [1.54, 1.807) is 16.8 Å². The third-order valence-corrected chi connectivity index (χ3v) is 5.07. The number of aliphatic carboxylic acids is 1. The highest BCUT2D eigenvalue weighted by Crippen LogP contribution is 2.26. The van der Waals surface area contributed by atoms with Gasteiger partial charge in [0.25, 0.3) is 0 Å². The van der Waals surface area contributed by atoms with E-state index in [0.717, 1.165) is 22.4 Å². The van der Waals surface area contributed by atoms with Gasteiger partial charge in [0.15, 0.2) is 0 Å². The number of aromatic nitrogens is 1. The molecule has 0 saturated heterocycles. The molecule has 156 valence electrons. The summed E-state index contributed by atoms with van der Waals surface area (Å²) < 4.78 is 7.45. The number of aromatic carboxylic acids is 1. The minimum Gasteiger partial charge on any atom is -0.489 e. The maximum absolute atomic E-state index is 11.5.